The van der Waals surface area contributed by atoms with Crippen LogP contribution >= 0.6 is 0 Å². The van der Waals surface area contributed by atoms with Crippen molar-refractivity contribution < 1.29 is 9.15 Å². The molecule has 0 spiro atoms. The zero-order valence-electron chi connectivity index (χ0n) is 12.8. The van der Waals surface area contributed by atoms with Gasteiger partial charge in [0.15, 0.2) is 5.96 Å². The molecule has 2 N–H and O–H groups in total. The topological polar surface area (TPSA) is 58.8 Å². The summed E-state index contributed by atoms with van der Waals surface area (Å²) < 4.78 is 10.7. The van der Waals surface area contributed by atoms with E-state index in [1.165, 1.54) is 0 Å². The van der Waals surface area contributed by atoms with Gasteiger partial charge in [-0.25, -0.2) is 0 Å². The Morgan fingerprint density at radius 2 is 2.15 bits per heavy atom. The predicted molar refractivity (Wildman–Crippen MR) is 81.8 cm³/mol. The minimum atomic E-state index is 0.536. The third-order valence-electron chi connectivity index (χ3n) is 2.82. The molecule has 0 aliphatic carbocycles. The van der Waals surface area contributed by atoms with Gasteiger partial charge in [-0.2, -0.15) is 0 Å². The van der Waals surface area contributed by atoms with Gasteiger partial charge in [0.1, 0.15) is 12.4 Å². The first kappa shape index (κ1) is 16.6. The second-order valence-corrected chi connectivity index (χ2v) is 5.09. The number of furan rings is 1. The van der Waals surface area contributed by atoms with E-state index < -0.39 is 0 Å². The van der Waals surface area contributed by atoms with E-state index in [9.17, 15) is 0 Å². The third-order valence-corrected chi connectivity index (χ3v) is 2.82. The van der Waals surface area contributed by atoms with Gasteiger partial charge < -0.3 is 19.8 Å². The maximum Gasteiger partial charge on any atom is 0.190 e. The van der Waals surface area contributed by atoms with Gasteiger partial charge in [0.2, 0.25) is 0 Å². The molecule has 20 heavy (non-hydrogen) atoms. The SMILES string of the molecule is CN=C(NCCCOCc1ccco1)NCCC(C)C. The van der Waals surface area contributed by atoms with Crippen molar-refractivity contribution in [2.75, 3.05) is 26.7 Å². The summed E-state index contributed by atoms with van der Waals surface area (Å²) in [5.74, 6) is 2.43. The molecule has 0 unspecified atom stereocenters. The van der Waals surface area contributed by atoms with Gasteiger partial charge >= 0.3 is 0 Å². The predicted octanol–water partition coefficient (Wildman–Crippen LogP) is 2.40. The summed E-state index contributed by atoms with van der Waals surface area (Å²) in [5.41, 5.74) is 0. The molecule has 0 aliphatic rings. The summed E-state index contributed by atoms with van der Waals surface area (Å²) in [5, 5.41) is 6.57. The lowest BCUT2D eigenvalue weighted by Crippen LogP contribution is -2.38. The highest BCUT2D eigenvalue weighted by molar-refractivity contribution is 5.79. The summed E-state index contributed by atoms with van der Waals surface area (Å²) in [6, 6.07) is 3.78. The van der Waals surface area contributed by atoms with Crippen molar-refractivity contribution in [1.82, 2.24) is 10.6 Å². The quantitative estimate of drug-likeness (QED) is 0.414. The van der Waals surface area contributed by atoms with Crippen molar-refractivity contribution in [3.8, 4) is 0 Å². The van der Waals surface area contributed by atoms with E-state index in [2.05, 4.69) is 29.5 Å². The average Bonchev–Trinajstić information content (AvgIpc) is 2.93. The number of guanidine groups is 1. The second-order valence-electron chi connectivity index (χ2n) is 5.09. The zero-order valence-corrected chi connectivity index (χ0v) is 12.8. The Hall–Kier alpha value is -1.49. The molecular formula is C15H27N3O2. The van der Waals surface area contributed by atoms with Gasteiger partial charge in [0, 0.05) is 26.7 Å². The molecular weight excluding hydrogens is 254 g/mol. The van der Waals surface area contributed by atoms with Gasteiger partial charge in [-0.3, -0.25) is 4.99 Å². The van der Waals surface area contributed by atoms with Gasteiger partial charge in [-0.1, -0.05) is 13.8 Å². The van der Waals surface area contributed by atoms with E-state index in [0.29, 0.717) is 19.1 Å². The number of aliphatic imine (C=N–C) groups is 1. The van der Waals surface area contributed by atoms with Crippen molar-refractivity contribution in [1.29, 1.82) is 0 Å². The molecule has 0 atom stereocenters. The number of nitrogens with zero attached hydrogens (tertiary/aromatic N) is 1. The Bertz CT molecular complexity index is 361. The monoisotopic (exact) mass is 281 g/mol. The van der Waals surface area contributed by atoms with Crippen LogP contribution in [0.4, 0.5) is 0 Å². The first-order valence-electron chi connectivity index (χ1n) is 7.27. The molecule has 0 saturated heterocycles. The van der Waals surface area contributed by atoms with Gasteiger partial charge in [-0.15, -0.1) is 0 Å². The zero-order chi connectivity index (χ0) is 14.6. The van der Waals surface area contributed by atoms with Crippen molar-refractivity contribution in [2.24, 2.45) is 10.9 Å². The molecule has 1 heterocycles. The van der Waals surface area contributed by atoms with Crippen molar-refractivity contribution in [3.63, 3.8) is 0 Å². The Balaban J connectivity index is 1.98. The van der Waals surface area contributed by atoms with Crippen LogP contribution in [-0.4, -0.2) is 32.7 Å². The van der Waals surface area contributed by atoms with Gasteiger partial charge in [0.05, 0.1) is 6.26 Å². The van der Waals surface area contributed by atoms with Crippen LogP contribution in [0.1, 0.15) is 32.4 Å². The molecule has 1 aromatic rings. The smallest absolute Gasteiger partial charge is 0.190 e. The fraction of sp³-hybridized carbons (Fsp3) is 0.667. The number of rotatable bonds is 9. The minimum Gasteiger partial charge on any atom is -0.467 e. The first-order chi connectivity index (χ1) is 9.72. The van der Waals surface area contributed by atoms with Crippen LogP contribution in [0.5, 0.6) is 0 Å². The van der Waals surface area contributed by atoms with Crippen LogP contribution in [0.2, 0.25) is 0 Å². The standard InChI is InChI=1S/C15H27N3O2/c1-13(2)7-9-18-15(16-3)17-8-5-10-19-12-14-6-4-11-20-14/h4,6,11,13H,5,7-10,12H2,1-3H3,(H2,16,17,18). The Kier molecular flexibility index (Phi) is 8.54. The molecule has 0 radical (unpaired) electrons. The molecule has 0 aromatic carbocycles. The van der Waals surface area contributed by atoms with E-state index in [-0.39, 0.29) is 0 Å². The minimum absolute atomic E-state index is 0.536. The molecule has 0 bridgehead atoms. The van der Waals surface area contributed by atoms with Crippen LogP contribution in [-0.2, 0) is 11.3 Å². The molecule has 5 nitrogen and oxygen atoms in total. The lowest BCUT2D eigenvalue weighted by molar-refractivity contribution is 0.105. The average molecular weight is 281 g/mol. The van der Waals surface area contributed by atoms with E-state index in [0.717, 1.165) is 37.7 Å². The van der Waals surface area contributed by atoms with Crippen LogP contribution in [0.15, 0.2) is 27.8 Å². The van der Waals surface area contributed by atoms with Crippen LogP contribution in [0.25, 0.3) is 0 Å². The molecule has 1 rings (SSSR count). The highest BCUT2D eigenvalue weighted by Gasteiger charge is 1.99. The van der Waals surface area contributed by atoms with Crippen molar-refractivity contribution in [2.45, 2.75) is 33.3 Å². The van der Waals surface area contributed by atoms with Gasteiger partial charge in [-0.05, 0) is 30.9 Å². The van der Waals surface area contributed by atoms with Crippen LogP contribution in [0, 0.1) is 5.92 Å². The molecule has 0 amide bonds. The number of ether oxygens (including phenoxy) is 1. The van der Waals surface area contributed by atoms with Crippen molar-refractivity contribution >= 4 is 5.96 Å². The maximum absolute atomic E-state index is 5.51. The summed E-state index contributed by atoms with van der Waals surface area (Å²) in [4.78, 5) is 4.18. The highest BCUT2D eigenvalue weighted by atomic mass is 16.5. The van der Waals surface area contributed by atoms with Crippen LogP contribution in [0.3, 0.4) is 0 Å². The fourth-order valence-electron chi connectivity index (χ4n) is 1.65. The Morgan fingerprint density at radius 3 is 2.80 bits per heavy atom. The van der Waals surface area contributed by atoms with E-state index in [4.69, 9.17) is 9.15 Å². The normalized spacial score (nSPS) is 11.9. The van der Waals surface area contributed by atoms with E-state index >= 15 is 0 Å². The third kappa shape index (κ3) is 7.84. The molecule has 5 heteroatoms. The molecule has 0 fully saturated rings. The lowest BCUT2D eigenvalue weighted by Gasteiger charge is -2.12. The Labute approximate surface area is 121 Å². The molecule has 114 valence electrons. The molecule has 0 aliphatic heterocycles. The second kappa shape index (κ2) is 10.3. The first-order valence-corrected chi connectivity index (χ1v) is 7.27. The number of hydrogen-bond donors (Lipinski definition) is 2. The fourth-order valence-corrected chi connectivity index (χ4v) is 1.65. The molecule has 0 saturated carbocycles. The van der Waals surface area contributed by atoms with E-state index in [1.807, 2.05) is 12.1 Å². The van der Waals surface area contributed by atoms with Crippen molar-refractivity contribution in [3.05, 3.63) is 24.2 Å². The Morgan fingerprint density at radius 1 is 1.35 bits per heavy atom. The number of hydrogen-bond acceptors (Lipinski definition) is 3. The van der Waals surface area contributed by atoms with E-state index in [1.54, 1.807) is 13.3 Å². The summed E-state index contributed by atoms with van der Waals surface area (Å²) >= 11 is 0. The molecule has 1 aromatic heterocycles. The highest BCUT2D eigenvalue weighted by Crippen LogP contribution is 2.01. The van der Waals surface area contributed by atoms with Gasteiger partial charge in [0.25, 0.3) is 0 Å². The summed E-state index contributed by atoms with van der Waals surface area (Å²) in [6.07, 6.45) is 3.74. The largest absolute Gasteiger partial charge is 0.467 e. The van der Waals surface area contributed by atoms with Crippen LogP contribution < -0.4 is 10.6 Å². The summed E-state index contributed by atoms with van der Waals surface area (Å²) in [7, 11) is 1.79. The summed E-state index contributed by atoms with van der Waals surface area (Å²) in [6.45, 7) is 7.47. The lowest BCUT2D eigenvalue weighted by atomic mass is 10.1. The number of nitrogens with one attached hydrogen (secondary N) is 2. The maximum atomic E-state index is 5.51.